The molecular weight excluding hydrogens is 320 g/mol. The van der Waals surface area contributed by atoms with Gasteiger partial charge in [-0.3, -0.25) is 4.79 Å². The number of thioether (sulfide) groups is 1. The summed E-state index contributed by atoms with van der Waals surface area (Å²) in [5.41, 5.74) is 2.26. The number of fused-ring (bicyclic) bond motifs is 1. The van der Waals surface area contributed by atoms with E-state index in [1.807, 2.05) is 55.5 Å². The van der Waals surface area contributed by atoms with Gasteiger partial charge in [0.2, 0.25) is 0 Å². The third-order valence-corrected chi connectivity index (χ3v) is 4.73. The highest BCUT2D eigenvalue weighted by atomic mass is 32.2. The average Bonchev–Trinajstić information content (AvgIpc) is 2.94. The number of para-hydroxylation sites is 2. The monoisotopic (exact) mass is 336 g/mol. The second-order valence-electron chi connectivity index (χ2n) is 5.26. The Bertz CT molecular complexity index is 925. The average molecular weight is 336 g/mol. The maximum Gasteiger partial charge on any atom is 0.291 e. The molecule has 0 unspecified atom stereocenters. The summed E-state index contributed by atoms with van der Waals surface area (Å²) in [5, 5.41) is 12.5. The van der Waals surface area contributed by atoms with Crippen molar-refractivity contribution < 1.29 is 9.21 Å². The summed E-state index contributed by atoms with van der Waals surface area (Å²) in [4.78, 5) is 13.6. The van der Waals surface area contributed by atoms with Gasteiger partial charge in [-0.25, -0.2) is 0 Å². The molecule has 0 fully saturated rings. The fourth-order valence-electron chi connectivity index (χ4n) is 2.47. The van der Waals surface area contributed by atoms with Crippen LogP contribution in [0.2, 0.25) is 0 Å². The standard InChI is InChI=1S/C19H16N2O2S/c1-13-14-7-2-4-9-16(14)23-18(13)19(22)21-15-8-3-5-10-17(15)24-12-6-11-20/h2-5,7-10H,6,12H2,1H3,(H,21,22). The number of amides is 1. The van der Waals surface area contributed by atoms with E-state index < -0.39 is 0 Å². The lowest BCUT2D eigenvalue weighted by atomic mass is 10.1. The van der Waals surface area contributed by atoms with Gasteiger partial charge in [0.25, 0.3) is 5.91 Å². The number of rotatable bonds is 5. The summed E-state index contributed by atoms with van der Waals surface area (Å²) in [6.07, 6.45) is 0.468. The first-order chi connectivity index (χ1) is 11.7. The first-order valence-electron chi connectivity index (χ1n) is 7.59. The molecule has 3 aromatic rings. The van der Waals surface area contributed by atoms with Crippen LogP contribution in [0.5, 0.6) is 0 Å². The number of carbonyl (C=O) groups is 1. The normalized spacial score (nSPS) is 10.5. The van der Waals surface area contributed by atoms with Crippen LogP contribution in [-0.4, -0.2) is 11.7 Å². The van der Waals surface area contributed by atoms with Gasteiger partial charge in [-0.1, -0.05) is 30.3 Å². The van der Waals surface area contributed by atoms with Crippen molar-refractivity contribution in [3.63, 3.8) is 0 Å². The molecule has 0 atom stereocenters. The molecule has 2 aromatic carbocycles. The summed E-state index contributed by atoms with van der Waals surface area (Å²) in [7, 11) is 0. The largest absolute Gasteiger partial charge is 0.451 e. The fourth-order valence-corrected chi connectivity index (χ4v) is 3.34. The van der Waals surface area contributed by atoms with Gasteiger partial charge >= 0.3 is 0 Å². The molecule has 0 aliphatic carbocycles. The molecule has 120 valence electrons. The minimum atomic E-state index is -0.267. The number of benzene rings is 2. The highest BCUT2D eigenvalue weighted by molar-refractivity contribution is 7.99. The van der Waals surface area contributed by atoms with Crippen LogP contribution >= 0.6 is 11.8 Å². The van der Waals surface area contributed by atoms with Gasteiger partial charge < -0.3 is 9.73 Å². The molecule has 1 N–H and O–H groups in total. The molecule has 3 rings (SSSR count). The van der Waals surface area contributed by atoms with Gasteiger partial charge in [0.05, 0.1) is 11.8 Å². The summed E-state index contributed by atoms with van der Waals surface area (Å²) < 4.78 is 5.71. The molecule has 0 aliphatic heterocycles. The Morgan fingerprint density at radius 3 is 2.75 bits per heavy atom. The second-order valence-corrected chi connectivity index (χ2v) is 6.40. The van der Waals surface area contributed by atoms with Crippen molar-refractivity contribution in [2.75, 3.05) is 11.1 Å². The summed E-state index contributed by atoms with van der Waals surface area (Å²) >= 11 is 1.55. The Labute approximate surface area is 144 Å². The SMILES string of the molecule is Cc1c(C(=O)Nc2ccccc2SCCC#N)oc2ccccc12. The smallest absolute Gasteiger partial charge is 0.291 e. The zero-order valence-corrected chi connectivity index (χ0v) is 14.0. The van der Waals surface area contributed by atoms with Crippen molar-refractivity contribution in [1.82, 2.24) is 0 Å². The molecule has 0 spiro atoms. The maximum absolute atomic E-state index is 12.6. The third-order valence-electron chi connectivity index (χ3n) is 3.66. The van der Waals surface area contributed by atoms with Crippen molar-refractivity contribution in [2.45, 2.75) is 18.2 Å². The molecule has 1 aromatic heterocycles. The molecule has 1 amide bonds. The molecule has 0 saturated heterocycles. The van der Waals surface area contributed by atoms with Crippen molar-refractivity contribution in [1.29, 1.82) is 5.26 Å². The van der Waals surface area contributed by atoms with Crippen LogP contribution in [0.15, 0.2) is 57.8 Å². The van der Waals surface area contributed by atoms with Crippen molar-refractivity contribution in [2.24, 2.45) is 0 Å². The topological polar surface area (TPSA) is 66.0 Å². The molecule has 0 saturated carbocycles. The van der Waals surface area contributed by atoms with Gasteiger partial charge in [-0.05, 0) is 25.1 Å². The number of hydrogen-bond donors (Lipinski definition) is 1. The Balaban J connectivity index is 1.84. The van der Waals surface area contributed by atoms with Crippen LogP contribution in [-0.2, 0) is 0 Å². The van der Waals surface area contributed by atoms with Gasteiger partial charge in [-0.15, -0.1) is 11.8 Å². The maximum atomic E-state index is 12.6. The summed E-state index contributed by atoms with van der Waals surface area (Å²) in [6.45, 7) is 1.88. The van der Waals surface area contributed by atoms with E-state index in [0.29, 0.717) is 23.5 Å². The van der Waals surface area contributed by atoms with Crippen LogP contribution in [0.25, 0.3) is 11.0 Å². The van der Waals surface area contributed by atoms with Crippen LogP contribution in [0.1, 0.15) is 22.5 Å². The van der Waals surface area contributed by atoms with Crippen LogP contribution in [0.3, 0.4) is 0 Å². The molecule has 1 heterocycles. The lowest BCUT2D eigenvalue weighted by Gasteiger charge is -2.09. The number of nitrogens with one attached hydrogen (secondary N) is 1. The van der Waals surface area contributed by atoms with Crippen LogP contribution in [0.4, 0.5) is 5.69 Å². The van der Waals surface area contributed by atoms with E-state index in [1.165, 1.54) is 0 Å². The Morgan fingerprint density at radius 1 is 1.21 bits per heavy atom. The van der Waals surface area contributed by atoms with Crippen molar-refractivity contribution in [3.05, 3.63) is 59.9 Å². The Morgan fingerprint density at radius 2 is 1.96 bits per heavy atom. The number of hydrogen-bond acceptors (Lipinski definition) is 4. The minimum absolute atomic E-state index is 0.267. The molecular formula is C19H16N2O2S. The van der Waals surface area contributed by atoms with Crippen LogP contribution < -0.4 is 5.32 Å². The highest BCUT2D eigenvalue weighted by Crippen LogP contribution is 2.29. The highest BCUT2D eigenvalue weighted by Gasteiger charge is 2.18. The number of furan rings is 1. The van der Waals surface area contributed by atoms with E-state index in [9.17, 15) is 4.79 Å². The van der Waals surface area contributed by atoms with Gasteiger partial charge in [-0.2, -0.15) is 5.26 Å². The first-order valence-corrected chi connectivity index (χ1v) is 8.57. The first kappa shape index (κ1) is 16.2. The second kappa shape index (κ2) is 7.24. The van der Waals surface area contributed by atoms with Gasteiger partial charge in [0, 0.05) is 28.0 Å². The van der Waals surface area contributed by atoms with Crippen LogP contribution in [0, 0.1) is 18.3 Å². The predicted octanol–water partition coefficient (Wildman–Crippen LogP) is 5.00. The van der Waals surface area contributed by atoms with Crippen molar-refractivity contribution >= 4 is 34.3 Å². The predicted molar refractivity (Wildman–Crippen MR) is 96.3 cm³/mol. The van der Waals surface area contributed by atoms with Gasteiger partial charge in [0.15, 0.2) is 5.76 Å². The van der Waals surface area contributed by atoms with E-state index in [4.69, 9.17) is 9.68 Å². The zero-order valence-electron chi connectivity index (χ0n) is 13.2. The number of aryl methyl sites for hydroxylation is 1. The van der Waals surface area contributed by atoms with E-state index in [1.54, 1.807) is 11.8 Å². The van der Waals surface area contributed by atoms with Gasteiger partial charge in [0.1, 0.15) is 5.58 Å². The number of nitriles is 1. The number of nitrogens with zero attached hydrogens (tertiary/aromatic N) is 1. The van der Waals surface area contributed by atoms with Crippen molar-refractivity contribution in [3.8, 4) is 6.07 Å². The Kier molecular flexibility index (Phi) is 4.88. The zero-order chi connectivity index (χ0) is 16.9. The molecule has 5 heteroatoms. The Hall–Kier alpha value is -2.71. The molecule has 0 radical (unpaired) electrons. The fraction of sp³-hybridized carbons (Fsp3) is 0.158. The molecule has 0 bridgehead atoms. The summed E-state index contributed by atoms with van der Waals surface area (Å²) in [6, 6.07) is 17.3. The molecule has 0 aliphatic rings. The van der Waals surface area contributed by atoms with E-state index in [0.717, 1.165) is 21.5 Å². The molecule has 24 heavy (non-hydrogen) atoms. The quantitative estimate of drug-likeness (QED) is 0.526. The lowest BCUT2D eigenvalue weighted by molar-refractivity contribution is 0.0997. The van der Waals surface area contributed by atoms with E-state index >= 15 is 0 Å². The van der Waals surface area contributed by atoms with E-state index in [2.05, 4.69) is 11.4 Å². The van der Waals surface area contributed by atoms with E-state index in [-0.39, 0.29) is 5.91 Å². The number of anilines is 1. The minimum Gasteiger partial charge on any atom is -0.451 e. The number of carbonyl (C=O) groups excluding carboxylic acids is 1. The lowest BCUT2D eigenvalue weighted by Crippen LogP contribution is -2.12. The molecule has 4 nitrogen and oxygen atoms in total. The summed E-state index contributed by atoms with van der Waals surface area (Å²) in [5.74, 6) is 0.748. The third kappa shape index (κ3) is 3.29.